The third-order valence-electron chi connectivity index (χ3n) is 1.56. The second kappa shape index (κ2) is 4.50. The van der Waals surface area contributed by atoms with Crippen LogP contribution in [0.25, 0.3) is 0 Å². The van der Waals surface area contributed by atoms with E-state index in [1.165, 1.54) is 0 Å². The van der Waals surface area contributed by atoms with Gasteiger partial charge in [-0.25, -0.2) is 0 Å². The molecule has 0 aliphatic carbocycles. The summed E-state index contributed by atoms with van der Waals surface area (Å²) >= 11 is 0. The van der Waals surface area contributed by atoms with Crippen LogP contribution in [0.15, 0.2) is 23.6 Å². The molecule has 1 heterocycles. The van der Waals surface area contributed by atoms with Gasteiger partial charge >= 0.3 is 0 Å². The summed E-state index contributed by atoms with van der Waals surface area (Å²) in [5.41, 5.74) is 1.02. The van der Waals surface area contributed by atoms with Crippen molar-refractivity contribution >= 4 is 0 Å². The van der Waals surface area contributed by atoms with Gasteiger partial charge in [0, 0.05) is 12.6 Å². The zero-order valence-corrected chi connectivity index (χ0v) is 7.26. The molecule has 0 aromatic carbocycles. The molecule has 0 radical (unpaired) electrons. The van der Waals surface area contributed by atoms with Crippen molar-refractivity contribution in [3.8, 4) is 12.3 Å². The SMILES string of the molecule is C#C/C=C1/OCCN/C1=C/CC. The molecule has 0 amide bonds. The fourth-order valence-corrected chi connectivity index (χ4v) is 1.08. The number of hydrogen-bond acceptors (Lipinski definition) is 2. The first-order valence-electron chi connectivity index (χ1n) is 4.12. The lowest BCUT2D eigenvalue weighted by Gasteiger charge is -2.20. The van der Waals surface area contributed by atoms with E-state index in [2.05, 4.69) is 24.2 Å². The fraction of sp³-hybridized carbons (Fsp3) is 0.400. The van der Waals surface area contributed by atoms with Gasteiger partial charge in [0.15, 0.2) is 0 Å². The number of allylic oxidation sites excluding steroid dienone is 2. The topological polar surface area (TPSA) is 21.3 Å². The molecule has 2 nitrogen and oxygen atoms in total. The highest BCUT2D eigenvalue weighted by Gasteiger charge is 2.09. The van der Waals surface area contributed by atoms with Crippen LogP contribution in [0.3, 0.4) is 0 Å². The molecule has 1 saturated heterocycles. The summed E-state index contributed by atoms with van der Waals surface area (Å²) in [6, 6.07) is 0. The molecule has 64 valence electrons. The third-order valence-corrected chi connectivity index (χ3v) is 1.56. The highest BCUT2D eigenvalue weighted by Crippen LogP contribution is 2.12. The lowest BCUT2D eigenvalue weighted by Crippen LogP contribution is -2.27. The van der Waals surface area contributed by atoms with Gasteiger partial charge in [-0.15, -0.1) is 6.42 Å². The number of ether oxygens (including phenoxy) is 1. The van der Waals surface area contributed by atoms with E-state index in [0.717, 1.165) is 24.4 Å². The van der Waals surface area contributed by atoms with Crippen LogP contribution >= 0.6 is 0 Å². The first kappa shape index (κ1) is 8.73. The van der Waals surface area contributed by atoms with Crippen molar-refractivity contribution in [1.29, 1.82) is 0 Å². The van der Waals surface area contributed by atoms with Gasteiger partial charge in [-0.1, -0.05) is 18.9 Å². The Morgan fingerprint density at radius 2 is 2.58 bits per heavy atom. The van der Waals surface area contributed by atoms with Crippen molar-refractivity contribution in [1.82, 2.24) is 5.32 Å². The van der Waals surface area contributed by atoms with Gasteiger partial charge < -0.3 is 10.1 Å². The van der Waals surface area contributed by atoms with E-state index in [9.17, 15) is 0 Å². The molecule has 2 heteroatoms. The van der Waals surface area contributed by atoms with E-state index < -0.39 is 0 Å². The van der Waals surface area contributed by atoms with Crippen molar-refractivity contribution in [2.75, 3.05) is 13.2 Å². The molecule has 1 aliphatic rings. The number of morpholine rings is 1. The molecule has 1 N–H and O–H groups in total. The highest BCUT2D eigenvalue weighted by atomic mass is 16.5. The van der Waals surface area contributed by atoms with Crippen LogP contribution in [0.4, 0.5) is 0 Å². The van der Waals surface area contributed by atoms with Gasteiger partial charge in [0.1, 0.15) is 12.4 Å². The predicted molar refractivity (Wildman–Crippen MR) is 49.2 cm³/mol. The molecule has 0 spiro atoms. The minimum Gasteiger partial charge on any atom is -0.489 e. The van der Waals surface area contributed by atoms with Gasteiger partial charge in [0.05, 0.1) is 5.70 Å². The smallest absolute Gasteiger partial charge is 0.150 e. The van der Waals surface area contributed by atoms with E-state index in [0.29, 0.717) is 6.61 Å². The Morgan fingerprint density at radius 1 is 1.75 bits per heavy atom. The Morgan fingerprint density at radius 3 is 3.25 bits per heavy atom. The Bertz CT molecular complexity index is 245. The minimum atomic E-state index is 0.689. The van der Waals surface area contributed by atoms with Gasteiger partial charge in [-0.05, 0) is 6.42 Å². The molecular weight excluding hydrogens is 150 g/mol. The van der Waals surface area contributed by atoms with Gasteiger partial charge in [-0.3, -0.25) is 0 Å². The fourth-order valence-electron chi connectivity index (χ4n) is 1.08. The van der Waals surface area contributed by atoms with Crippen molar-refractivity contribution in [3.05, 3.63) is 23.6 Å². The summed E-state index contributed by atoms with van der Waals surface area (Å²) < 4.78 is 5.37. The second-order valence-electron chi connectivity index (χ2n) is 2.48. The van der Waals surface area contributed by atoms with Crippen LogP contribution in [0.2, 0.25) is 0 Å². The van der Waals surface area contributed by atoms with Crippen LogP contribution in [0.1, 0.15) is 13.3 Å². The molecule has 0 bridgehead atoms. The number of rotatable bonds is 1. The maximum absolute atomic E-state index is 5.37. The van der Waals surface area contributed by atoms with Crippen molar-refractivity contribution in [3.63, 3.8) is 0 Å². The zero-order chi connectivity index (χ0) is 8.81. The van der Waals surface area contributed by atoms with Crippen molar-refractivity contribution in [2.45, 2.75) is 13.3 Å². The van der Waals surface area contributed by atoms with Crippen LogP contribution in [0, 0.1) is 12.3 Å². The molecule has 1 aliphatic heterocycles. The van der Waals surface area contributed by atoms with E-state index in [1.807, 2.05) is 0 Å². The molecule has 12 heavy (non-hydrogen) atoms. The summed E-state index contributed by atoms with van der Waals surface area (Å²) in [6.45, 7) is 3.62. The Balaban J connectivity index is 2.75. The maximum atomic E-state index is 5.37. The largest absolute Gasteiger partial charge is 0.489 e. The monoisotopic (exact) mass is 163 g/mol. The summed E-state index contributed by atoms with van der Waals surface area (Å²) in [4.78, 5) is 0. The quantitative estimate of drug-likeness (QED) is 0.590. The minimum absolute atomic E-state index is 0.689. The van der Waals surface area contributed by atoms with Crippen molar-refractivity contribution < 1.29 is 4.74 Å². The van der Waals surface area contributed by atoms with Crippen molar-refractivity contribution in [2.24, 2.45) is 0 Å². The van der Waals surface area contributed by atoms with E-state index in [-0.39, 0.29) is 0 Å². The van der Waals surface area contributed by atoms with Crippen LogP contribution in [0.5, 0.6) is 0 Å². The molecule has 1 rings (SSSR count). The number of hydrogen-bond donors (Lipinski definition) is 1. The first-order chi connectivity index (χ1) is 5.88. The number of nitrogens with one attached hydrogen (secondary N) is 1. The summed E-state index contributed by atoms with van der Waals surface area (Å²) in [6.07, 6.45) is 9.85. The Kier molecular flexibility index (Phi) is 3.28. The van der Waals surface area contributed by atoms with E-state index in [1.54, 1.807) is 6.08 Å². The van der Waals surface area contributed by atoms with Crippen LogP contribution < -0.4 is 5.32 Å². The molecular formula is C10H13NO. The zero-order valence-electron chi connectivity index (χ0n) is 7.26. The standard InChI is InChI=1S/C10H13NO/c1-3-5-9-10(6-4-2)12-8-7-11-9/h2,5-6,11H,3,7-8H2,1H3/b9-5+,10-6+. The van der Waals surface area contributed by atoms with Gasteiger partial charge in [-0.2, -0.15) is 0 Å². The molecule has 0 aromatic rings. The maximum Gasteiger partial charge on any atom is 0.150 e. The summed E-state index contributed by atoms with van der Waals surface area (Å²) in [5, 5.41) is 3.23. The normalized spacial score (nSPS) is 23.0. The second-order valence-corrected chi connectivity index (χ2v) is 2.48. The molecule has 0 atom stereocenters. The van der Waals surface area contributed by atoms with Crippen LogP contribution in [-0.4, -0.2) is 13.2 Å². The van der Waals surface area contributed by atoms with Crippen LogP contribution in [-0.2, 0) is 4.74 Å². The van der Waals surface area contributed by atoms with E-state index >= 15 is 0 Å². The molecule has 0 saturated carbocycles. The Hall–Kier alpha value is -1.36. The number of terminal acetylenes is 1. The summed E-state index contributed by atoms with van der Waals surface area (Å²) in [5.74, 6) is 3.24. The average Bonchev–Trinajstić information content (AvgIpc) is 2.09. The van der Waals surface area contributed by atoms with E-state index in [4.69, 9.17) is 11.2 Å². The van der Waals surface area contributed by atoms with Gasteiger partial charge in [0.25, 0.3) is 0 Å². The summed E-state index contributed by atoms with van der Waals surface area (Å²) in [7, 11) is 0. The predicted octanol–water partition coefficient (Wildman–Crippen LogP) is 1.42. The molecule has 0 unspecified atom stereocenters. The lowest BCUT2D eigenvalue weighted by atomic mass is 10.2. The lowest BCUT2D eigenvalue weighted by molar-refractivity contribution is 0.197. The third kappa shape index (κ3) is 2.06. The Labute approximate surface area is 73.3 Å². The molecule has 0 aromatic heterocycles. The average molecular weight is 163 g/mol. The highest BCUT2D eigenvalue weighted by molar-refractivity contribution is 5.31. The first-order valence-corrected chi connectivity index (χ1v) is 4.12. The van der Waals surface area contributed by atoms with Gasteiger partial charge in [0.2, 0.25) is 0 Å². The molecule has 1 fully saturated rings.